The Morgan fingerprint density at radius 2 is 2.11 bits per heavy atom. The summed E-state index contributed by atoms with van der Waals surface area (Å²) in [5, 5.41) is 20.2. The molecule has 1 saturated heterocycles. The van der Waals surface area contributed by atoms with E-state index in [1.54, 1.807) is 0 Å². The number of amides is 4. The number of nitrogens with one attached hydrogen (secondary N) is 1. The molecule has 1 aromatic heterocycles. The van der Waals surface area contributed by atoms with E-state index < -0.39 is 23.9 Å². The van der Waals surface area contributed by atoms with E-state index >= 15 is 0 Å². The highest BCUT2D eigenvalue weighted by molar-refractivity contribution is 6.18. The van der Waals surface area contributed by atoms with Crippen LogP contribution in [-0.2, 0) is 9.59 Å². The molecule has 1 atom stereocenters. The van der Waals surface area contributed by atoms with E-state index in [0.717, 1.165) is 0 Å². The number of hydrazine groups is 1. The van der Waals surface area contributed by atoms with Crippen molar-refractivity contribution in [2.75, 3.05) is 0 Å². The summed E-state index contributed by atoms with van der Waals surface area (Å²) in [6, 6.07) is 1.71. The van der Waals surface area contributed by atoms with Crippen LogP contribution in [0.15, 0.2) is 34.6 Å². The number of barbiturate groups is 1. The zero-order valence-corrected chi connectivity index (χ0v) is 9.39. The Bertz CT molecular complexity index is 586. The van der Waals surface area contributed by atoms with E-state index in [1.807, 2.05) is 5.32 Å². The number of hydrogen-bond donors (Lipinski definition) is 2. The van der Waals surface area contributed by atoms with Crippen molar-refractivity contribution < 1.29 is 19.1 Å². The average molecular weight is 264 g/mol. The van der Waals surface area contributed by atoms with Crippen LogP contribution in [0.2, 0.25) is 0 Å². The third-order valence-electron chi connectivity index (χ3n) is 2.25. The molecule has 0 spiro atoms. The number of rotatable bonds is 2. The van der Waals surface area contributed by atoms with E-state index in [-0.39, 0.29) is 10.8 Å². The van der Waals surface area contributed by atoms with Crippen LogP contribution in [0.1, 0.15) is 0 Å². The lowest BCUT2D eigenvalue weighted by atomic mass is 10.2. The lowest BCUT2D eigenvalue weighted by molar-refractivity contribution is -0.591. The van der Waals surface area contributed by atoms with Crippen molar-refractivity contribution in [3.8, 4) is 0 Å². The molecule has 1 aliphatic rings. The second-order valence-corrected chi connectivity index (χ2v) is 3.51. The van der Waals surface area contributed by atoms with Gasteiger partial charge in [0.05, 0.1) is 11.3 Å². The third kappa shape index (κ3) is 2.37. The maximum atomic E-state index is 11.5. The van der Waals surface area contributed by atoms with Gasteiger partial charge < -0.3 is 5.21 Å². The van der Waals surface area contributed by atoms with Gasteiger partial charge in [-0.3, -0.25) is 14.9 Å². The van der Waals surface area contributed by atoms with Gasteiger partial charge >= 0.3 is 11.8 Å². The molecule has 10 nitrogen and oxygen atoms in total. The molecule has 3 N–H and O–H groups in total. The maximum absolute atomic E-state index is 11.5. The fourth-order valence-electron chi connectivity index (χ4n) is 1.29. The Hall–Kier alpha value is -2.88. The van der Waals surface area contributed by atoms with Crippen LogP contribution in [0.4, 0.5) is 10.6 Å². The second kappa shape index (κ2) is 4.78. The molecule has 0 aliphatic carbocycles. The van der Waals surface area contributed by atoms with Gasteiger partial charge in [0.25, 0.3) is 17.9 Å². The third-order valence-corrected chi connectivity index (χ3v) is 2.25. The van der Waals surface area contributed by atoms with Crippen molar-refractivity contribution in [3.63, 3.8) is 0 Å². The highest BCUT2D eigenvalue weighted by Crippen LogP contribution is 2.09. The van der Waals surface area contributed by atoms with E-state index in [9.17, 15) is 19.6 Å². The first-order valence-electron chi connectivity index (χ1n) is 5.03. The molecule has 0 saturated carbocycles. The van der Waals surface area contributed by atoms with Crippen LogP contribution in [0.3, 0.4) is 0 Å². The van der Waals surface area contributed by atoms with Gasteiger partial charge in [0.1, 0.15) is 0 Å². The molecule has 0 radical (unpaired) electrons. The molecule has 98 valence electrons. The van der Waals surface area contributed by atoms with Crippen LogP contribution in [-0.4, -0.2) is 28.9 Å². The second-order valence-electron chi connectivity index (χ2n) is 3.51. The highest BCUT2D eigenvalue weighted by atomic mass is 16.5. The first-order chi connectivity index (χ1) is 9.00. The topological polar surface area (TPSA) is 144 Å². The molecule has 10 heteroatoms. The van der Waals surface area contributed by atoms with Crippen molar-refractivity contribution in [1.82, 2.24) is 10.3 Å². The summed E-state index contributed by atoms with van der Waals surface area (Å²) in [6.07, 6.45) is 1.18. The zero-order chi connectivity index (χ0) is 14.0. The quantitative estimate of drug-likeness (QED) is 0.171. The number of carbonyl (C=O) groups excluding carboxylic acids is 3. The number of carbonyl (C=O) groups is 3. The predicted octanol–water partition coefficient (Wildman–Crippen LogP) is -1.28. The van der Waals surface area contributed by atoms with Crippen molar-refractivity contribution in [2.45, 2.75) is 6.04 Å². The Balaban J connectivity index is 2.23. The first kappa shape index (κ1) is 12.6. The number of imide groups is 2. The van der Waals surface area contributed by atoms with Gasteiger partial charge in [-0.1, -0.05) is 11.2 Å². The number of nitrogens with two attached hydrogens (primary N) is 1. The van der Waals surface area contributed by atoms with Crippen LogP contribution >= 0.6 is 0 Å². The summed E-state index contributed by atoms with van der Waals surface area (Å²) in [4.78, 5) is 33.9. The Kier molecular flexibility index (Phi) is 3.16. The van der Waals surface area contributed by atoms with E-state index in [4.69, 9.17) is 5.84 Å². The Labute approximate surface area is 106 Å². The Morgan fingerprint density at radius 3 is 2.79 bits per heavy atom. The summed E-state index contributed by atoms with van der Waals surface area (Å²) < 4.78 is 0.403. The predicted molar refractivity (Wildman–Crippen MR) is 58.3 cm³/mol. The number of hydrogen-bond acceptors (Lipinski definition) is 7. The monoisotopic (exact) mass is 264 g/mol. The molecule has 1 unspecified atom stereocenters. The summed E-state index contributed by atoms with van der Waals surface area (Å²) in [5.74, 6) is 3.04. The largest absolute Gasteiger partial charge is 0.710 e. The minimum absolute atomic E-state index is 0.108. The van der Waals surface area contributed by atoms with Crippen molar-refractivity contribution >= 4 is 23.7 Å². The molecule has 19 heavy (non-hydrogen) atoms. The van der Waals surface area contributed by atoms with Gasteiger partial charge in [0.15, 0.2) is 0 Å². The summed E-state index contributed by atoms with van der Waals surface area (Å²) in [6.45, 7) is 0. The average Bonchev–Trinajstić information content (AvgIpc) is 2.38. The lowest BCUT2D eigenvalue weighted by Crippen LogP contribution is -2.62. The zero-order valence-electron chi connectivity index (χ0n) is 9.39. The normalized spacial score (nSPS) is 19.9. The maximum Gasteiger partial charge on any atom is 0.353 e. The molecule has 2 rings (SSSR count). The van der Waals surface area contributed by atoms with Crippen LogP contribution in [0.25, 0.3) is 0 Å². The van der Waals surface area contributed by atoms with Crippen LogP contribution in [0, 0.1) is 5.21 Å². The molecule has 1 fully saturated rings. The number of pyridine rings is 1. The fourth-order valence-corrected chi connectivity index (χ4v) is 1.29. The summed E-state index contributed by atoms with van der Waals surface area (Å²) in [5.41, 5.74) is 0. The van der Waals surface area contributed by atoms with Gasteiger partial charge in [-0.05, 0) is 6.07 Å². The van der Waals surface area contributed by atoms with Crippen molar-refractivity contribution in [3.05, 3.63) is 29.6 Å². The van der Waals surface area contributed by atoms with Gasteiger partial charge in [-0.15, -0.1) is 0 Å². The molecule has 2 heterocycles. The number of nitrogens with zero attached hydrogens (tertiary/aromatic N) is 4. The van der Waals surface area contributed by atoms with Gasteiger partial charge in [0.2, 0.25) is 0 Å². The van der Waals surface area contributed by atoms with Crippen LogP contribution in [0.5, 0.6) is 0 Å². The van der Waals surface area contributed by atoms with Crippen LogP contribution < -0.4 is 15.9 Å². The van der Waals surface area contributed by atoms with Crippen molar-refractivity contribution in [2.24, 2.45) is 16.1 Å². The smallest absolute Gasteiger partial charge is 0.353 e. The Morgan fingerprint density at radius 1 is 1.37 bits per heavy atom. The summed E-state index contributed by atoms with van der Waals surface area (Å²) >= 11 is 0. The lowest BCUT2D eigenvalue weighted by Gasteiger charge is -2.22. The molecule has 4 amide bonds. The summed E-state index contributed by atoms with van der Waals surface area (Å²) in [7, 11) is 0. The molecule has 0 aromatic carbocycles. The fraction of sp³-hybridized carbons (Fsp3) is 0.111. The van der Waals surface area contributed by atoms with Gasteiger partial charge in [0, 0.05) is 6.07 Å². The minimum atomic E-state index is -1.59. The number of urea groups is 1. The molecule has 0 bridgehead atoms. The van der Waals surface area contributed by atoms with Gasteiger partial charge in [-0.25, -0.2) is 15.4 Å². The first-order valence-corrected chi connectivity index (χ1v) is 5.03. The van der Waals surface area contributed by atoms with E-state index in [0.29, 0.717) is 4.73 Å². The standard InChI is InChI=1S/C9H8N6O4/c10-15-8(17)6(7(16)11-9(15)18)13-12-5-3-1-2-4-14(5)19/h1-4,6H,10H2,(H,11,16,18)/b13-12+. The molecular formula is C9H8N6O4. The highest BCUT2D eigenvalue weighted by Gasteiger charge is 2.41. The number of aromatic nitrogens is 1. The molecule has 1 aromatic rings. The molecule has 1 aliphatic heterocycles. The SMILES string of the molecule is NN1C(=O)NC(=O)C(/N=N/c2cccc[n+]2[O-])C1=O. The van der Waals surface area contributed by atoms with Gasteiger partial charge in [-0.2, -0.15) is 5.01 Å². The van der Waals surface area contributed by atoms with Crippen molar-refractivity contribution in [1.29, 1.82) is 0 Å². The number of azo groups is 1. The van der Waals surface area contributed by atoms with E-state index in [2.05, 4.69) is 10.2 Å². The minimum Gasteiger partial charge on any atom is -0.710 e. The molecular weight excluding hydrogens is 256 g/mol. The van der Waals surface area contributed by atoms with E-state index in [1.165, 1.54) is 24.4 Å².